The minimum absolute atomic E-state index is 0.287. The molecular weight excluding hydrogens is 536 g/mol. The monoisotopic (exact) mass is 564 g/mol. The lowest BCUT2D eigenvalue weighted by molar-refractivity contribution is -0.0696. The number of benzene rings is 3. The third kappa shape index (κ3) is 7.04. The molecule has 1 aliphatic carbocycles. The average Bonchev–Trinajstić information content (AvgIpc) is 2.87. The first-order valence-corrected chi connectivity index (χ1v) is 13.4. The zero-order valence-corrected chi connectivity index (χ0v) is 21.9. The molecule has 0 aromatic heterocycles. The van der Waals surface area contributed by atoms with Gasteiger partial charge in [-0.2, -0.15) is 13.2 Å². The van der Waals surface area contributed by atoms with Gasteiger partial charge in [-0.3, -0.25) is 0 Å². The predicted molar refractivity (Wildman–Crippen MR) is 141 cm³/mol. The summed E-state index contributed by atoms with van der Waals surface area (Å²) in [4.78, 5) is 0. The van der Waals surface area contributed by atoms with Crippen molar-refractivity contribution in [2.24, 2.45) is 11.8 Å². The molecule has 0 bridgehead atoms. The second-order valence-corrected chi connectivity index (χ2v) is 10.3. The zero-order chi connectivity index (χ0) is 29.0. The number of rotatable bonds is 7. The van der Waals surface area contributed by atoms with Crippen LogP contribution in [0.25, 0.3) is 28.0 Å². The quantitative estimate of drug-likeness (QED) is 0.152. The van der Waals surface area contributed by atoms with E-state index in [4.69, 9.17) is 0 Å². The maximum Gasteiger partial charge on any atom is 0.458 e. The fourth-order valence-corrected chi connectivity index (χ4v) is 5.37. The summed E-state index contributed by atoms with van der Waals surface area (Å²) in [6.07, 6.45) is 7.82. The summed E-state index contributed by atoms with van der Waals surface area (Å²) in [6, 6.07) is 4.41. The normalized spacial score (nSPS) is 17.8. The van der Waals surface area contributed by atoms with E-state index in [0.29, 0.717) is 18.1 Å². The van der Waals surface area contributed by atoms with E-state index in [1.165, 1.54) is 31.6 Å². The predicted octanol–water partition coefficient (Wildman–Crippen LogP) is 10.5. The van der Waals surface area contributed by atoms with Crippen molar-refractivity contribution in [1.29, 1.82) is 0 Å². The molecule has 0 spiro atoms. The highest BCUT2D eigenvalue weighted by molar-refractivity contribution is 5.90. The molecule has 40 heavy (non-hydrogen) atoms. The summed E-state index contributed by atoms with van der Waals surface area (Å²) >= 11 is 0. The Balaban J connectivity index is 1.57. The van der Waals surface area contributed by atoms with E-state index in [1.807, 2.05) is 6.08 Å². The molecule has 0 atom stereocenters. The first-order valence-electron chi connectivity index (χ1n) is 13.4. The van der Waals surface area contributed by atoms with Crippen molar-refractivity contribution in [1.82, 2.24) is 0 Å². The Kier molecular flexibility index (Phi) is 9.22. The Morgan fingerprint density at radius 2 is 1.50 bits per heavy atom. The molecule has 4 rings (SSSR count). The number of alkyl halides is 3. The van der Waals surface area contributed by atoms with Crippen molar-refractivity contribution in [3.63, 3.8) is 0 Å². The van der Waals surface area contributed by atoms with Gasteiger partial charge in [0.2, 0.25) is 0 Å². The van der Waals surface area contributed by atoms with Gasteiger partial charge in [-0.15, -0.1) is 0 Å². The van der Waals surface area contributed by atoms with Crippen LogP contribution in [0.5, 0.6) is 0 Å². The summed E-state index contributed by atoms with van der Waals surface area (Å²) in [7, 11) is 0. The van der Waals surface area contributed by atoms with Gasteiger partial charge >= 0.3 is 6.18 Å². The second-order valence-electron chi connectivity index (χ2n) is 10.3. The lowest BCUT2D eigenvalue weighted by Gasteiger charge is -2.26. The van der Waals surface area contributed by atoms with E-state index < -0.39 is 57.2 Å². The summed E-state index contributed by atoms with van der Waals surface area (Å²) in [5.74, 6) is -3.27. The molecule has 1 saturated carbocycles. The molecule has 212 valence electrons. The summed E-state index contributed by atoms with van der Waals surface area (Å²) in [5, 5.41) is -1.26. The van der Waals surface area contributed by atoms with Gasteiger partial charge in [0.05, 0.1) is 16.5 Å². The van der Waals surface area contributed by atoms with E-state index in [1.54, 1.807) is 6.08 Å². The van der Waals surface area contributed by atoms with Gasteiger partial charge in [0.1, 0.15) is 23.3 Å². The van der Waals surface area contributed by atoms with Crippen molar-refractivity contribution in [2.75, 3.05) is 0 Å². The van der Waals surface area contributed by atoms with Crippen LogP contribution in [0.2, 0.25) is 0 Å². The van der Waals surface area contributed by atoms with Crippen LogP contribution in [-0.2, 0) is 0 Å². The van der Waals surface area contributed by atoms with Gasteiger partial charge in [-0.1, -0.05) is 50.7 Å². The molecule has 1 fully saturated rings. The van der Waals surface area contributed by atoms with Crippen LogP contribution in [0.15, 0.2) is 36.4 Å². The molecule has 0 aliphatic heterocycles. The standard InChI is InChI=1S/C32H28F8/c1-2-3-4-5-19-6-8-20(9-7-19)10-11-21-14-26(34)29(27(35)15-21)22-16-23-17-25(33)24(12-13-32(38,39)40)31(37)30(23)28(36)18-22/h10-11,14-20H,2-9H2,1H3/b11-10+. The largest absolute Gasteiger partial charge is 0.458 e. The molecule has 0 nitrogen and oxygen atoms in total. The Hall–Kier alpha value is -3.34. The van der Waals surface area contributed by atoms with Gasteiger partial charge in [0, 0.05) is 5.92 Å². The molecule has 0 heterocycles. The first kappa shape index (κ1) is 29.6. The van der Waals surface area contributed by atoms with E-state index in [0.717, 1.165) is 55.7 Å². The Bertz CT molecular complexity index is 1440. The average molecular weight is 565 g/mol. The summed E-state index contributed by atoms with van der Waals surface area (Å²) in [5.41, 5.74) is -1.87. The maximum absolute atomic E-state index is 15.1. The second kappa shape index (κ2) is 12.4. The van der Waals surface area contributed by atoms with Crippen LogP contribution in [0, 0.1) is 52.8 Å². The first-order chi connectivity index (χ1) is 19.0. The third-order valence-corrected chi connectivity index (χ3v) is 7.43. The fraction of sp³-hybridized carbons (Fsp3) is 0.375. The minimum Gasteiger partial charge on any atom is -0.206 e. The fourth-order valence-electron chi connectivity index (χ4n) is 5.37. The molecule has 8 heteroatoms. The molecule has 0 amide bonds. The molecule has 1 aliphatic rings. The maximum atomic E-state index is 15.1. The summed E-state index contributed by atoms with van der Waals surface area (Å²) in [6.45, 7) is 2.18. The number of allylic oxidation sites excluding steroid dienone is 1. The van der Waals surface area contributed by atoms with Crippen LogP contribution in [-0.4, -0.2) is 6.18 Å². The van der Waals surface area contributed by atoms with Gasteiger partial charge in [-0.25, -0.2) is 22.0 Å². The Morgan fingerprint density at radius 1 is 0.825 bits per heavy atom. The number of hydrogen-bond donors (Lipinski definition) is 0. The molecule has 0 radical (unpaired) electrons. The van der Waals surface area contributed by atoms with Gasteiger partial charge in [0.15, 0.2) is 5.82 Å². The van der Waals surface area contributed by atoms with E-state index in [2.05, 4.69) is 6.92 Å². The van der Waals surface area contributed by atoms with Crippen LogP contribution < -0.4 is 0 Å². The van der Waals surface area contributed by atoms with Crippen LogP contribution in [0.4, 0.5) is 35.1 Å². The van der Waals surface area contributed by atoms with Crippen LogP contribution in [0.3, 0.4) is 0 Å². The molecule has 3 aromatic rings. The van der Waals surface area contributed by atoms with Crippen molar-refractivity contribution >= 4 is 16.8 Å². The smallest absolute Gasteiger partial charge is 0.206 e. The zero-order valence-electron chi connectivity index (χ0n) is 21.9. The van der Waals surface area contributed by atoms with Crippen LogP contribution in [0.1, 0.15) is 69.4 Å². The number of hydrogen-bond acceptors (Lipinski definition) is 0. The minimum atomic E-state index is -5.01. The Labute approximate surface area is 228 Å². The SMILES string of the molecule is CCCCCC1CCC(/C=C/c2cc(F)c(-c3cc(F)c4c(F)c(C#CC(F)(F)F)c(F)cc4c3)c(F)c2)CC1. The number of halogens is 8. The lowest BCUT2D eigenvalue weighted by atomic mass is 9.79. The Morgan fingerprint density at radius 3 is 2.12 bits per heavy atom. The van der Waals surface area contributed by atoms with E-state index in [9.17, 15) is 26.3 Å². The molecule has 0 N–H and O–H groups in total. The topological polar surface area (TPSA) is 0 Å². The lowest BCUT2D eigenvalue weighted by Crippen LogP contribution is -2.13. The van der Waals surface area contributed by atoms with E-state index >= 15 is 8.78 Å². The molecule has 0 unspecified atom stereocenters. The molecule has 0 saturated heterocycles. The van der Waals surface area contributed by atoms with Crippen molar-refractivity contribution < 1.29 is 35.1 Å². The van der Waals surface area contributed by atoms with Crippen LogP contribution >= 0.6 is 0 Å². The number of fused-ring (bicyclic) bond motifs is 1. The van der Waals surface area contributed by atoms with E-state index in [-0.39, 0.29) is 11.1 Å². The van der Waals surface area contributed by atoms with Gasteiger partial charge < -0.3 is 0 Å². The van der Waals surface area contributed by atoms with Gasteiger partial charge in [-0.05, 0) is 84.4 Å². The molecular formula is C32H28F8. The third-order valence-electron chi connectivity index (χ3n) is 7.43. The van der Waals surface area contributed by atoms with Crippen molar-refractivity contribution in [2.45, 2.75) is 64.5 Å². The number of unbranched alkanes of at least 4 members (excludes halogenated alkanes) is 2. The summed E-state index contributed by atoms with van der Waals surface area (Å²) < 4.78 is 111. The molecule has 3 aromatic carbocycles. The van der Waals surface area contributed by atoms with Crippen molar-refractivity contribution in [3.8, 4) is 23.0 Å². The van der Waals surface area contributed by atoms with Crippen molar-refractivity contribution in [3.05, 3.63) is 76.6 Å². The highest BCUT2D eigenvalue weighted by Crippen LogP contribution is 2.36. The highest BCUT2D eigenvalue weighted by atomic mass is 19.4. The highest BCUT2D eigenvalue weighted by Gasteiger charge is 2.25. The van der Waals surface area contributed by atoms with Gasteiger partial charge in [0.25, 0.3) is 0 Å².